The van der Waals surface area contributed by atoms with Crippen molar-refractivity contribution >= 4 is 5.97 Å². The molecule has 2 unspecified atom stereocenters. The molecule has 0 fully saturated rings. The smallest absolute Gasteiger partial charge is 0.302 e. The third kappa shape index (κ3) is 3.52. The molecule has 2 atom stereocenters. The molecule has 0 amide bonds. The first-order valence-corrected chi connectivity index (χ1v) is 5.42. The number of hydrogen-bond acceptors (Lipinski definition) is 2. The molecule has 1 aliphatic rings. The van der Waals surface area contributed by atoms with Crippen LogP contribution >= 0.6 is 0 Å². The molecular weight excluding hydrogens is 176 g/mol. The minimum Gasteiger partial charge on any atom is -0.462 e. The Balaban J connectivity index is 2.54. The molecule has 2 nitrogen and oxygen atoms in total. The van der Waals surface area contributed by atoms with Crippen molar-refractivity contribution in [2.24, 2.45) is 5.92 Å². The summed E-state index contributed by atoms with van der Waals surface area (Å²) in [6, 6.07) is 0. The molecular formula is C12H20O2. The molecule has 0 spiro atoms. The monoisotopic (exact) mass is 196 g/mol. The maximum absolute atomic E-state index is 10.9. The van der Waals surface area contributed by atoms with Crippen LogP contribution in [0.15, 0.2) is 11.6 Å². The van der Waals surface area contributed by atoms with E-state index < -0.39 is 0 Å². The van der Waals surface area contributed by atoms with Crippen LogP contribution in [0.5, 0.6) is 0 Å². The summed E-state index contributed by atoms with van der Waals surface area (Å²) in [5.74, 6) is 0.339. The van der Waals surface area contributed by atoms with Gasteiger partial charge in [0.15, 0.2) is 0 Å². The Morgan fingerprint density at radius 1 is 1.50 bits per heavy atom. The summed E-state index contributed by atoms with van der Waals surface area (Å²) in [7, 11) is 0. The van der Waals surface area contributed by atoms with E-state index in [2.05, 4.69) is 19.9 Å². The fourth-order valence-electron chi connectivity index (χ4n) is 1.91. The summed E-state index contributed by atoms with van der Waals surface area (Å²) in [4.78, 5) is 10.9. The average Bonchev–Trinajstić information content (AvgIpc) is 2.10. The summed E-state index contributed by atoms with van der Waals surface area (Å²) in [6.45, 7) is 5.84. The van der Waals surface area contributed by atoms with Gasteiger partial charge in [-0.15, -0.1) is 0 Å². The zero-order valence-electron chi connectivity index (χ0n) is 9.38. The highest BCUT2D eigenvalue weighted by Crippen LogP contribution is 2.24. The first-order chi connectivity index (χ1) is 6.59. The highest BCUT2D eigenvalue weighted by molar-refractivity contribution is 5.66. The highest BCUT2D eigenvalue weighted by atomic mass is 16.5. The van der Waals surface area contributed by atoms with Gasteiger partial charge in [0.05, 0.1) is 0 Å². The molecule has 2 heteroatoms. The standard InChI is InChI=1S/C12H20O2/c1-9-5-4-6-12(14-11(3)13)10(2)8-7-9/h5,10,12H,4,6-8H2,1-3H3. The Bertz CT molecular complexity index is 230. The first kappa shape index (κ1) is 11.3. The van der Waals surface area contributed by atoms with Crippen LogP contribution in [0.4, 0.5) is 0 Å². The zero-order valence-corrected chi connectivity index (χ0v) is 9.38. The zero-order chi connectivity index (χ0) is 10.6. The molecule has 0 saturated carbocycles. The Morgan fingerprint density at radius 3 is 2.86 bits per heavy atom. The highest BCUT2D eigenvalue weighted by Gasteiger charge is 2.20. The largest absolute Gasteiger partial charge is 0.462 e. The van der Waals surface area contributed by atoms with Crippen molar-refractivity contribution in [3.05, 3.63) is 11.6 Å². The van der Waals surface area contributed by atoms with Gasteiger partial charge in [-0.3, -0.25) is 4.79 Å². The van der Waals surface area contributed by atoms with Gasteiger partial charge < -0.3 is 4.74 Å². The molecule has 80 valence electrons. The maximum Gasteiger partial charge on any atom is 0.302 e. The van der Waals surface area contributed by atoms with E-state index in [9.17, 15) is 4.79 Å². The lowest BCUT2D eigenvalue weighted by molar-refractivity contribution is -0.149. The average molecular weight is 196 g/mol. The second-order valence-corrected chi connectivity index (χ2v) is 4.29. The molecule has 1 rings (SSSR count). The van der Waals surface area contributed by atoms with Gasteiger partial charge in [-0.2, -0.15) is 0 Å². The minimum absolute atomic E-state index is 0.122. The lowest BCUT2D eigenvalue weighted by atomic mass is 9.90. The second kappa shape index (κ2) is 5.18. The molecule has 0 aromatic carbocycles. The number of carbonyl (C=O) groups is 1. The Kier molecular flexibility index (Phi) is 4.18. The van der Waals surface area contributed by atoms with Gasteiger partial charge in [-0.05, 0) is 38.5 Å². The van der Waals surface area contributed by atoms with E-state index in [4.69, 9.17) is 4.74 Å². The third-order valence-electron chi connectivity index (χ3n) is 2.89. The van der Waals surface area contributed by atoms with Crippen molar-refractivity contribution in [2.45, 2.75) is 52.6 Å². The topological polar surface area (TPSA) is 26.3 Å². The molecule has 0 N–H and O–H groups in total. The van der Waals surface area contributed by atoms with E-state index >= 15 is 0 Å². The first-order valence-electron chi connectivity index (χ1n) is 5.42. The van der Waals surface area contributed by atoms with Gasteiger partial charge in [-0.25, -0.2) is 0 Å². The van der Waals surface area contributed by atoms with Crippen molar-refractivity contribution in [3.8, 4) is 0 Å². The van der Waals surface area contributed by atoms with Crippen LogP contribution in [0, 0.1) is 5.92 Å². The fraction of sp³-hybridized carbons (Fsp3) is 0.750. The van der Waals surface area contributed by atoms with E-state index in [1.165, 1.54) is 12.5 Å². The van der Waals surface area contributed by atoms with E-state index in [-0.39, 0.29) is 12.1 Å². The molecule has 0 bridgehead atoms. The summed E-state index contributed by atoms with van der Waals surface area (Å²) >= 11 is 0. The maximum atomic E-state index is 10.9. The third-order valence-corrected chi connectivity index (χ3v) is 2.89. The molecule has 0 radical (unpaired) electrons. The van der Waals surface area contributed by atoms with Gasteiger partial charge in [0, 0.05) is 6.92 Å². The SMILES string of the molecule is CC(=O)OC1CCC=C(C)CCC1C. The molecule has 0 aliphatic heterocycles. The summed E-state index contributed by atoms with van der Waals surface area (Å²) in [5.41, 5.74) is 1.47. The number of rotatable bonds is 1. The number of esters is 1. The molecule has 0 saturated heterocycles. The second-order valence-electron chi connectivity index (χ2n) is 4.29. The number of carbonyl (C=O) groups excluding carboxylic acids is 1. The number of hydrogen-bond donors (Lipinski definition) is 0. The number of allylic oxidation sites excluding steroid dienone is 2. The molecule has 1 aliphatic carbocycles. The van der Waals surface area contributed by atoms with E-state index in [1.807, 2.05) is 0 Å². The quantitative estimate of drug-likeness (QED) is 0.476. The van der Waals surface area contributed by atoms with E-state index in [0.29, 0.717) is 5.92 Å². The lowest BCUT2D eigenvalue weighted by Crippen LogP contribution is -2.25. The van der Waals surface area contributed by atoms with Gasteiger partial charge in [0.25, 0.3) is 0 Å². The van der Waals surface area contributed by atoms with Crippen molar-refractivity contribution in [1.82, 2.24) is 0 Å². The lowest BCUT2D eigenvalue weighted by Gasteiger charge is -2.25. The fourth-order valence-corrected chi connectivity index (χ4v) is 1.91. The van der Waals surface area contributed by atoms with Crippen molar-refractivity contribution in [3.63, 3.8) is 0 Å². The van der Waals surface area contributed by atoms with Crippen LogP contribution in [0.25, 0.3) is 0 Å². The summed E-state index contributed by atoms with van der Waals surface area (Å²) in [6.07, 6.45) is 6.66. The predicted octanol–water partition coefficient (Wildman–Crippen LogP) is 3.07. The minimum atomic E-state index is -0.150. The molecule has 0 aromatic rings. The Labute approximate surface area is 86.3 Å². The van der Waals surface area contributed by atoms with Crippen LogP contribution in [0.3, 0.4) is 0 Å². The predicted molar refractivity (Wildman–Crippen MR) is 56.9 cm³/mol. The molecule has 0 aromatic heterocycles. The van der Waals surface area contributed by atoms with Gasteiger partial charge in [-0.1, -0.05) is 18.6 Å². The van der Waals surface area contributed by atoms with Crippen LogP contribution in [-0.2, 0) is 9.53 Å². The van der Waals surface area contributed by atoms with Crippen molar-refractivity contribution in [1.29, 1.82) is 0 Å². The molecule has 14 heavy (non-hydrogen) atoms. The summed E-state index contributed by atoms with van der Waals surface area (Å²) < 4.78 is 5.31. The molecule has 0 heterocycles. The summed E-state index contributed by atoms with van der Waals surface area (Å²) in [5, 5.41) is 0. The number of ether oxygens (including phenoxy) is 1. The van der Waals surface area contributed by atoms with E-state index in [0.717, 1.165) is 25.7 Å². The van der Waals surface area contributed by atoms with Crippen molar-refractivity contribution in [2.75, 3.05) is 0 Å². The van der Waals surface area contributed by atoms with Crippen LogP contribution in [0.1, 0.15) is 46.5 Å². The van der Waals surface area contributed by atoms with Crippen molar-refractivity contribution < 1.29 is 9.53 Å². The van der Waals surface area contributed by atoms with Gasteiger partial charge >= 0.3 is 5.97 Å². The van der Waals surface area contributed by atoms with Crippen LogP contribution in [0.2, 0.25) is 0 Å². The van der Waals surface area contributed by atoms with Gasteiger partial charge in [0.1, 0.15) is 6.10 Å². The Morgan fingerprint density at radius 2 is 2.21 bits per heavy atom. The normalized spacial score (nSPS) is 28.6. The van der Waals surface area contributed by atoms with Crippen LogP contribution in [-0.4, -0.2) is 12.1 Å². The van der Waals surface area contributed by atoms with Gasteiger partial charge in [0.2, 0.25) is 0 Å². The van der Waals surface area contributed by atoms with Crippen LogP contribution < -0.4 is 0 Å². The van der Waals surface area contributed by atoms with E-state index in [1.54, 1.807) is 0 Å². The Hall–Kier alpha value is -0.790.